The highest BCUT2D eigenvalue weighted by molar-refractivity contribution is 6.09. The second kappa shape index (κ2) is 6.29. The van der Waals surface area contributed by atoms with Crippen molar-refractivity contribution in [3.63, 3.8) is 0 Å². The molecule has 1 N–H and O–H groups in total. The highest BCUT2D eigenvalue weighted by Gasteiger charge is 2.60. The molecule has 7 heteroatoms. The number of urea groups is 1. The van der Waals surface area contributed by atoms with Crippen molar-refractivity contribution in [2.45, 2.75) is 77.7 Å². The van der Waals surface area contributed by atoms with E-state index in [1.54, 1.807) is 11.9 Å². The summed E-state index contributed by atoms with van der Waals surface area (Å²) in [6.07, 6.45) is 7.55. The molecule has 4 rings (SSSR count). The number of amides is 4. The Hall–Kier alpha value is -1.92. The molecule has 0 aromatic carbocycles. The second-order valence-electron chi connectivity index (χ2n) is 9.91. The summed E-state index contributed by atoms with van der Waals surface area (Å²) in [4.78, 5) is 40.8. The fourth-order valence-electron chi connectivity index (χ4n) is 6.08. The lowest BCUT2D eigenvalue weighted by atomic mass is 9.70. The SMILES string of the molecule is CN1C(=O)N(CC(=O)N/N=C2/CC3CCC2(C)C3(C)C)C(=O)C12CCCCC2. The first-order valence-corrected chi connectivity index (χ1v) is 10.6. The maximum atomic E-state index is 13.0. The lowest BCUT2D eigenvalue weighted by Crippen LogP contribution is -2.49. The molecule has 0 aromatic rings. The third-order valence-corrected chi connectivity index (χ3v) is 8.61. The molecule has 2 atom stereocenters. The van der Waals surface area contributed by atoms with Crippen molar-refractivity contribution in [1.82, 2.24) is 15.2 Å². The maximum absolute atomic E-state index is 13.0. The van der Waals surface area contributed by atoms with Gasteiger partial charge in [-0.2, -0.15) is 5.10 Å². The molecule has 28 heavy (non-hydrogen) atoms. The van der Waals surface area contributed by atoms with E-state index in [2.05, 4.69) is 31.3 Å². The average molecular weight is 389 g/mol. The molecular formula is C21H32N4O3. The number of hydrogen-bond donors (Lipinski definition) is 1. The summed E-state index contributed by atoms with van der Waals surface area (Å²) in [6, 6.07) is -0.372. The van der Waals surface area contributed by atoms with Gasteiger partial charge in [0.15, 0.2) is 0 Å². The Morgan fingerprint density at radius 3 is 2.39 bits per heavy atom. The molecule has 0 aromatic heterocycles. The van der Waals surface area contributed by atoms with Crippen LogP contribution in [0.1, 0.15) is 72.1 Å². The number of imide groups is 1. The highest BCUT2D eigenvalue weighted by Crippen LogP contribution is 2.63. The molecule has 2 unspecified atom stereocenters. The van der Waals surface area contributed by atoms with E-state index in [0.29, 0.717) is 18.8 Å². The van der Waals surface area contributed by atoms with Crippen molar-refractivity contribution < 1.29 is 14.4 Å². The lowest BCUT2D eigenvalue weighted by molar-refractivity contribution is -0.137. The third-order valence-electron chi connectivity index (χ3n) is 8.61. The van der Waals surface area contributed by atoms with Crippen molar-refractivity contribution in [2.75, 3.05) is 13.6 Å². The standard InChI is InChI=1S/C21H32N4O3/c1-19(2)14-8-11-20(19,3)15(12-14)22-23-16(26)13-25-17(27)21(24(4)18(25)28)9-6-5-7-10-21/h14H,5-13H2,1-4H3,(H,23,26)/b22-15-. The van der Waals surface area contributed by atoms with Crippen molar-refractivity contribution >= 4 is 23.6 Å². The molecule has 1 saturated heterocycles. The summed E-state index contributed by atoms with van der Waals surface area (Å²) >= 11 is 0. The summed E-state index contributed by atoms with van der Waals surface area (Å²) in [7, 11) is 1.68. The molecular weight excluding hydrogens is 356 g/mol. The highest BCUT2D eigenvalue weighted by atomic mass is 16.2. The van der Waals surface area contributed by atoms with Crippen LogP contribution in [0.5, 0.6) is 0 Å². The smallest absolute Gasteiger partial charge is 0.313 e. The van der Waals surface area contributed by atoms with Gasteiger partial charge in [0, 0.05) is 18.2 Å². The molecule has 1 spiro atoms. The van der Waals surface area contributed by atoms with Crippen LogP contribution in [-0.2, 0) is 9.59 Å². The number of rotatable bonds is 3. The lowest BCUT2D eigenvalue weighted by Gasteiger charge is -2.35. The van der Waals surface area contributed by atoms with Crippen molar-refractivity contribution in [2.24, 2.45) is 21.8 Å². The average Bonchev–Trinajstić information content (AvgIpc) is 3.08. The van der Waals surface area contributed by atoms with E-state index in [1.165, 1.54) is 6.42 Å². The molecule has 154 valence electrons. The number of nitrogens with zero attached hydrogens (tertiary/aromatic N) is 3. The summed E-state index contributed by atoms with van der Waals surface area (Å²) in [5.74, 6) is -0.0233. The predicted octanol–water partition coefficient (Wildman–Crippen LogP) is 2.90. The van der Waals surface area contributed by atoms with E-state index in [9.17, 15) is 14.4 Å². The molecule has 4 aliphatic rings. The molecule has 3 aliphatic carbocycles. The molecule has 2 bridgehead atoms. The quantitative estimate of drug-likeness (QED) is 0.596. The number of likely N-dealkylation sites (N-methyl/N-ethyl adjacent to an activating group) is 1. The fourth-order valence-corrected chi connectivity index (χ4v) is 6.08. The molecule has 3 saturated carbocycles. The fraction of sp³-hybridized carbons (Fsp3) is 0.810. The van der Waals surface area contributed by atoms with E-state index in [1.807, 2.05) is 0 Å². The van der Waals surface area contributed by atoms with Gasteiger partial charge in [0.2, 0.25) is 0 Å². The van der Waals surface area contributed by atoms with E-state index in [4.69, 9.17) is 0 Å². The van der Waals surface area contributed by atoms with Gasteiger partial charge >= 0.3 is 6.03 Å². The summed E-state index contributed by atoms with van der Waals surface area (Å²) in [5, 5.41) is 4.44. The van der Waals surface area contributed by atoms with Gasteiger partial charge < -0.3 is 4.90 Å². The van der Waals surface area contributed by atoms with Crippen LogP contribution in [0.2, 0.25) is 0 Å². The zero-order chi connectivity index (χ0) is 20.3. The van der Waals surface area contributed by atoms with Crippen LogP contribution in [0.25, 0.3) is 0 Å². The Morgan fingerprint density at radius 2 is 1.82 bits per heavy atom. The van der Waals surface area contributed by atoms with Gasteiger partial charge in [0.05, 0.1) is 0 Å². The van der Waals surface area contributed by atoms with Crippen LogP contribution in [0.3, 0.4) is 0 Å². The summed E-state index contributed by atoms with van der Waals surface area (Å²) < 4.78 is 0. The summed E-state index contributed by atoms with van der Waals surface area (Å²) in [6.45, 7) is 6.55. The topological polar surface area (TPSA) is 82.1 Å². The minimum Gasteiger partial charge on any atom is -0.313 e. The van der Waals surface area contributed by atoms with Crippen LogP contribution in [0.15, 0.2) is 5.10 Å². The van der Waals surface area contributed by atoms with Crippen LogP contribution < -0.4 is 5.43 Å². The Kier molecular flexibility index (Phi) is 4.36. The van der Waals surface area contributed by atoms with E-state index in [0.717, 1.165) is 42.7 Å². The first-order chi connectivity index (χ1) is 13.1. The van der Waals surface area contributed by atoms with Gasteiger partial charge in [-0.15, -0.1) is 0 Å². The normalized spacial score (nSPS) is 34.7. The van der Waals surface area contributed by atoms with Gasteiger partial charge in [-0.25, -0.2) is 10.2 Å². The Morgan fingerprint density at radius 1 is 1.14 bits per heavy atom. The maximum Gasteiger partial charge on any atom is 0.327 e. The molecule has 1 aliphatic heterocycles. The third kappa shape index (κ3) is 2.47. The zero-order valence-electron chi connectivity index (χ0n) is 17.5. The van der Waals surface area contributed by atoms with Crippen LogP contribution >= 0.6 is 0 Å². The first kappa shape index (κ1) is 19.4. The Balaban J connectivity index is 1.43. The van der Waals surface area contributed by atoms with Crippen molar-refractivity contribution in [3.8, 4) is 0 Å². The van der Waals surface area contributed by atoms with Gasteiger partial charge in [-0.05, 0) is 43.4 Å². The second-order valence-corrected chi connectivity index (χ2v) is 9.91. The zero-order valence-corrected chi connectivity index (χ0v) is 17.5. The van der Waals surface area contributed by atoms with Gasteiger partial charge in [-0.1, -0.05) is 40.0 Å². The van der Waals surface area contributed by atoms with Crippen LogP contribution in [-0.4, -0.2) is 52.5 Å². The number of hydrogen-bond acceptors (Lipinski definition) is 4. The number of carbonyl (C=O) groups is 3. The van der Waals surface area contributed by atoms with E-state index in [-0.39, 0.29) is 29.3 Å². The van der Waals surface area contributed by atoms with E-state index >= 15 is 0 Å². The van der Waals surface area contributed by atoms with Crippen molar-refractivity contribution in [3.05, 3.63) is 0 Å². The largest absolute Gasteiger partial charge is 0.327 e. The Labute approximate surface area is 166 Å². The minimum absolute atomic E-state index is 0.0105. The van der Waals surface area contributed by atoms with Crippen LogP contribution in [0.4, 0.5) is 4.79 Å². The van der Waals surface area contributed by atoms with E-state index < -0.39 is 11.4 Å². The number of nitrogens with one attached hydrogen (secondary N) is 1. The summed E-state index contributed by atoms with van der Waals surface area (Å²) in [5.41, 5.74) is 3.13. The first-order valence-electron chi connectivity index (χ1n) is 10.6. The molecule has 0 radical (unpaired) electrons. The minimum atomic E-state index is -0.746. The monoisotopic (exact) mass is 388 g/mol. The molecule has 1 heterocycles. The Bertz CT molecular complexity index is 753. The molecule has 4 fully saturated rings. The number of fused-ring (bicyclic) bond motifs is 2. The van der Waals surface area contributed by atoms with Gasteiger partial charge in [-0.3, -0.25) is 14.5 Å². The van der Waals surface area contributed by atoms with Gasteiger partial charge in [0.25, 0.3) is 11.8 Å². The van der Waals surface area contributed by atoms with Crippen molar-refractivity contribution in [1.29, 1.82) is 0 Å². The van der Waals surface area contributed by atoms with Crippen LogP contribution in [0, 0.1) is 16.7 Å². The number of hydrazone groups is 1. The predicted molar refractivity (Wildman–Crippen MR) is 105 cm³/mol. The molecule has 7 nitrogen and oxygen atoms in total. The van der Waals surface area contributed by atoms with Gasteiger partial charge in [0.1, 0.15) is 12.1 Å². The molecule has 4 amide bonds. The number of carbonyl (C=O) groups excluding carboxylic acids is 3.